The van der Waals surface area contributed by atoms with E-state index in [1.807, 2.05) is 24.3 Å². The number of likely N-dealkylation sites (tertiary alicyclic amines) is 1. The molecule has 0 radical (unpaired) electrons. The van der Waals surface area contributed by atoms with Crippen molar-refractivity contribution in [2.75, 3.05) is 25.0 Å². The van der Waals surface area contributed by atoms with E-state index in [-0.39, 0.29) is 5.91 Å². The van der Waals surface area contributed by atoms with Crippen LogP contribution in [0.15, 0.2) is 24.3 Å². The van der Waals surface area contributed by atoms with Gasteiger partial charge in [-0.25, -0.2) is 0 Å². The zero-order valence-electron chi connectivity index (χ0n) is 13.0. The van der Waals surface area contributed by atoms with Crippen LogP contribution < -0.4 is 11.1 Å². The van der Waals surface area contributed by atoms with Gasteiger partial charge in [-0.3, -0.25) is 4.79 Å². The van der Waals surface area contributed by atoms with Gasteiger partial charge in [-0.15, -0.1) is 0 Å². The summed E-state index contributed by atoms with van der Waals surface area (Å²) in [7, 11) is 0. The van der Waals surface area contributed by atoms with Gasteiger partial charge in [0.15, 0.2) is 0 Å². The number of para-hydroxylation sites is 1. The summed E-state index contributed by atoms with van der Waals surface area (Å²) < 4.78 is 0. The van der Waals surface area contributed by atoms with Crippen LogP contribution in [0.5, 0.6) is 0 Å². The molecule has 0 aromatic heterocycles. The summed E-state index contributed by atoms with van der Waals surface area (Å²) >= 11 is 0. The molecule has 21 heavy (non-hydrogen) atoms. The molecule has 1 saturated heterocycles. The standard InChI is InChI=1S/C17H27N3O/c1-14-6-4-10-20(13-14)11-5-9-17(21)19-16-8-3-2-7-15(16)12-18/h2-3,7-8,14H,4-6,9-13,18H2,1H3,(H,19,21). The summed E-state index contributed by atoms with van der Waals surface area (Å²) in [6.07, 6.45) is 4.12. The number of benzene rings is 1. The second-order valence-electron chi connectivity index (χ2n) is 6.06. The molecular formula is C17H27N3O. The van der Waals surface area contributed by atoms with Crippen molar-refractivity contribution in [2.24, 2.45) is 11.7 Å². The lowest BCUT2D eigenvalue weighted by Crippen LogP contribution is -2.35. The Morgan fingerprint density at radius 3 is 3.00 bits per heavy atom. The van der Waals surface area contributed by atoms with Crippen molar-refractivity contribution in [3.8, 4) is 0 Å². The average molecular weight is 289 g/mol. The molecular weight excluding hydrogens is 262 g/mol. The van der Waals surface area contributed by atoms with Crippen molar-refractivity contribution in [1.29, 1.82) is 0 Å². The third kappa shape index (κ3) is 5.14. The summed E-state index contributed by atoms with van der Waals surface area (Å²) in [5.41, 5.74) is 7.51. The van der Waals surface area contributed by atoms with Crippen molar-refractivity contribution in [3.05, 3.63) is 29.8 Å². The van der Waals surface area contributed by atoms with Crippen LogP contribution in [0.1, 0.15) is 38.2 Å². The van der Waals surface area contributed by atoms with Gasteiger partial charge in [0.2, 0.25) is 5.91 Å². The second-order valence-corrected chi connectivity index (χ2v) is 6.06. The largest absolute Gasteiger partial charge is 0.326 e. The summed E-state index contributed by atoms with van der Waals surface area (Å²) in [6.45, 7) is 6.14. The smallest absolute Gasteiger partial charge is 0.224 e. The van der Waals surface area contributed by atoms with Crippen molar-refractivity contribution < 1.29 is 4.79 Å². The number of carbonyl (C=O) groups is 1. The molecule has 1 aliphatic rings. The Bertz CT molecular complexity index is 461. The highest BCUT2D eigenvalue weighted by molar-refractivity contribution is 5.91. The lowest BCUT2D eigenvalue weighted by Gasteiger charge is -2.30. The third-order valence-electron chi connectivity index (χ3n) is 4.13. The van der Waals surface area contributed by atoms with E-state index in [1.165, 1.54) is 25.9 Å². The van der Waals surface area contributed by atoms with Gasteiger partial charge in [-0.2, -0.15) is 0 Å². The normalized spacial score (nSPS) is 19.4. The molecule has 0 aliphatic carbocycles. The fourth-order valence-electron chi connectivity index (χ4n) is 2.99. The molecule has 2 rings (SSSR count). The number of hydrogen-bond acceptors (Lipinski definition) is 3. The highest BCUT2D eigenvalue weighted by atomic mass is 16.1. The molecule has 1 aromatic carbocycles. The van der Waals surface area contributed by atoms with Crippen molar-refractivity contribution in [2.45, 2.75) is 39.2 Å². The summed E-state index contributed by atoms with van der Waals surface area (Å²) in [5.74, 6) is 0.880. The predicted molar refractivity (Wildman–Crippen MR) is 87.0 cm³/mol. The Labute approximate surface area is 127 Å². The minimum Gasteiger partial charge on any atom is -0.326 e. The van der Waals surface area contributed by atoms with Gasteiger partial charge >= 0.3 is 0 Å². The first-order valence-corrected chi connectivity index (χ1v) is 7.99. The fraction of sp³-hybridized carbons (Fsp3) is 0.588. The van der Waals surface area contributed by atoms with E-state index in [9.17, 15) is 4.79 Å². The molecule has 0 bridgehead atoms. The molecule has 1 aliphatic heterocycles. The molecule has 1 atom stereocenters. The van der Waals surface area contributed by atoms with E-state index in [0.717, 1.165) is 30.1 Å². The van der Waals surface area contributed by atoms with Gasteiger partial charge in [-0.1, -0.05) is 25.1 Å². The number of rotatable bonds is 6. The monoisotopic (exact) mass is 289 g/mol. The summed E-state index contributed by atoms with van der Waals surface area (Å²) in [6, 6.07) is 7.72. The van der Waals surface area contributed by atoms with Gasteiger partial charge in [0, 0.05) is 25.2 Å². The summed E-state index contributed by atoms with van der Waals surface area (Å²) in [5, 5.41) is 2.97. The first kappa shape index (κ1) is 16.0. The number of piperidine rings is 1. The van der Waals surface area contributed by atoms with Gasteiger partial charge in [-0.05, 0) is 49.9 Å². The van der Waals surface area contributed by atoms with Crippen LogP contribution in [0.25, 0.3) is 0 Å². The van der Waals surface area contributed by atoms with E-state index in [0.29, 0.717) is 13.0 Å². The number of nitrogens with one attached hydrogen (secondary N) is 1. The quantitative estimate of drug-likeness (QED) is 0.846. The minimum atomic E-state index is 0.0842. The first-order valence-electron chi connectivity index (χ1n) is 7.99. The molecule has 3 N–H and O–H groups in total. The Hall–Kier alpha value is -1.39. The Kier molecular flexibility index (Phi) is 6.21. The lowest BCUT2D eigenvalue weighted by atomic mass is 10.0. The zero-order valence-corrected chi connectivity index (χ0v) is 13.0. The topological polar surface area (TPSA) is 58.4 Å². The third-order valence-corrected chi connectivity index (χ3v) is 4.13. The highest BCUT2D eigenvalue weighted by Crippen LogP contribution is 2.17. The second kappa shape index (κ2) is 8.15. The molecule has 0 saturated carbocycles. The Morgan fingerprint density at radius 2 is 2.24 bits per heavy atom. The van der Waals surface area contributed by atoms with Gasteiger partial charge < -0.3 is 16.0 Å². The van der Waals surface area contributed by atoms with E-state index in [1.54, 1.807) is 0 Å². The van der Waals surface area contributed by atoms with Crippen LogP contribution in [0.2, 0.25) is 0 Å². The first-order chi connectivity index (χ1) is 10.2. The number of anilines is 1. The molecule has 1 aromatic rings. The number of carbonyl (C=O) groups excluding carboxylic acids is 1. The van der Waals surface area contributed by atoms with Crippen molar-refractivity contribution >= 4 is 11.6 Å². The SMILES string of the molecule is CC1CCCN(CCCC(=O)Nc2ccccc2CN)C1. The maximum absolute atomic E-state index is 12.0. The fourth-order valence-corrected chi connectivity index (χ4v) is 2.99. The maximum atomic E-state index is 12.0. The van der Waals surface area contributed by atoms with Crippen LogP contribution in [0, 0.1) is 5.92 Å². The summed E-state index contributed by atoms with van der Waals surface area (Å²) in [4.78, 5) is 14.5. The zero-order chi connectivity index (χ0) is 15.1. The molecule has 1 unspecified atom stereocenters. The number of hydrogen-bond donors (Lipinski definition) is 2. The van der Waals surface area contributed by atoms with Crippen molar-refractivity contribution in [3.63, 3.8) is 0 Å². The molecule has 1 amide bonds. The predicted octanol–water partition coefficient (Wildman–Crippen LogP) is 2.60. The number of amides is 1. The Balaban J connectivity index is 1.72. The van der Waals surface area contributed by atoms with Crippen LogP contribution >= 0.6 is 0 Å². The Morgan fingerprint density at radius 1 is 1.43 bits per heavy atom. The molecule has 1 fully saturated rings. The molecule has 4 heteroatoms. The molecule has 0 spiro atoms. The average Bonchev–Trinajstić information content (AvgIpc) is 2.48. The number of nitrogens with two attached hydrogens (primary N) is 1. The van der Waals surface area contributed by atoms with Gasteiger partial charge in [0.1, 0.15) is 0 Å². The van der Waals surface area contributed by atoms with Crippen LogP contribution in [0.3, 0.4) is 0 Å². The van der Waals surface area contributed by atoms with E-state index >= 15 is 0 Å². The number of nitrogens with zero attached hydrogens (tertiary/aromatic N) is 1. The van der Waals surface area contributed by atoms with Gasteiger partial charge in [0.25, 0.3) is 0 Å². The lowest BCUT2D eigenvalue weighted by molar-refractivity contribution is -0.116. The van der Waals surface area contributed by atoms with Crippen molar-refractivity contribution in [1.82, 2.24) is 4.90 Å². The minimum absolute atomic E-state index is 0.0842. The molecule has 4 nitrogen and oxygen atoms in total. The molecule has 116 valence electrons. The van der Waals surface area contributed by atoms with Crippen LogP contribution in [0.4, 0.5) is 5.69 Å². The highest BCUT2D eigenvalue weighted by Gasteiger charge is 2.16. The van der Waals surface area contributed by atoms with E-state index in [2.05, 4.69) is 17.1 Å². The van der Waals surface area contributed by atoms with Gasteiger partial charge in [0.05, 0.1) is 0 Å². The maximum Gasteiger partial charge on any atom is 0.224 e. The van der Waals surface area contributed by atoms with E-state index in [4.69, 9.17) is 5.73 Å². The van der Waals surface area contributed by atoms with Crippen LogP contribution in [-0.2, 0) is 11.3 Å². The van der Waals surface area contributed by atoms with Crippen LogP contribution in [-0.4, -0.2) is 30.4 Å². The van der Waals surface area contributed by atoms with E-state index < -0.39 is 0 Å². The molecule has 1 heterocycles.